The number of carbonyl (C=O) groups excluding carboxylic acids is 1. The van der Waals surface area contributed by atoms with Gasteiger partial charge in [0.25, 0.3) is 14.4 Å². The molecule has 0 unspecified atom stereocenters. The molecule has 0 atom stereocenters. The predicted molar refractivity (Wildman–Crippen MR) is 73.1 cm³/mol. The van der Waals surface area contributed by atoms with Crippen molar-refractivity contribution in [2.24, 2.45) is 0 Å². The predicted octanol–water partition coefficient (Wildman–Crippen LogP) is 0.637. The number of anilines is 2. The highest BCUT2D eigenvalue weighted by Gasteiger charge is 2.22. The molecule has 0 saturated heterocycles. The van der Waals surface area contributed by atoms with E-state index < -0.39 is 10.0 Å². The van der Waals surface area contributed by atoms with Crippen molar-refractivity contribution in [2.75, 3.05) is 10.0 Å². The molecule has 0 radical (unpaired) electrons. The van der Waals surface area contributed by atoms with Gasteiger partial charge in [-0.25, -0.2) is 0 Å². The molecule has 0 fully saturated rings. The maximum atomic E-state index is 12.1. The Labute approximate surface area is 118 Å². The van der Waals surface area contributed by atoms with Crippen LogP contribution < -0.4 is 10.0 Å². The summed E-state index contributed by atoms with van der Waals surface area (Å²) in [7, 11) is -3.88. The van der Waals surface area contributed by atoms with Crippen molar-refractivity contribution >= 4 is 38.2 Å². The molecule has 108 valence electrons. The van der Waals surface area contributed by atoms with Crippen LogP contribution in [0.4, 0.5) is 10.9 Å². The summed E-state index contributed by atoms with van der Waals surface area (Å²) >= 11 is 0.757. The van der Waals surface area contributed by atoms with Crippen LogP contribution in [0, 0.1) is 13.8 Å². The van der Waals surface area contributed by atoms with Crippen LogP contribution in [0.2, 0.25) is 0 Å². The van der Waals surface area contributed by atoms with E-state index in [9.17, 15) is 13.2 Å². The lowest BCUT2D eigenvalue weighted by Crippen LogP contribution is -2.13. The van der Waals surface area contributed by atoms with Gasteiger partial charge >= 0.3 is 0 Å². The van der Waals surface area contributed by atoms with Gasteiger partial charge in [0.05, 0.1) is 0 Å². The number of hydrogen-bond donors (Lipinski definition) is 3. The third-order valence-electron chi connectivity index (χ3n) is 2.40. The second-order valence-electron chi connectivity index (χ2n) is 3.98. The molecule has 0 saturated carbocycles. The maximum absolute atomic E-state index is 12.1. The molecule has 9 nitrogen and oxygen atoms in total. The molecule has 0 bridgehead atoms. The fourth-order valence-electron chi connectivity index (χ4n) is 1.27. The lowest BCUT2D eigenvalue weighted by atomic mass is 10.3. The molecule has 20 heavy (non-hydrogen) atoms. The summed E-state index contributed by atoms with van der Waals surface area (Å²) in [5.74, 6) is -0.143. The molecule has 0 aliphatic carbocycles. The molecular formula is C9H12N6O3S2. The second-order valence-corrected chi connectivity index (χ2v) is 6.82. The minimum atomic E-state index is -3.88. The number of amides is 1. The number of sulfonamides is 1. The first-order valence-corrected chi connectivity index (χ1v) is 7.75. The van der Waals surface area contributed by atoms with E-state index >= 15 is 0 Å². The van der Waals surface area contributed by atoms with E-state index in [1.807, 2.05) is 0 Å². The third kappa shape index (κ3) is 2.93. The number of nitrogens with zero attached hydrogens (tertiary/aromatic N) is 3. The molecule has 0 aromatic carbocycles. The first-order valence-electron chi connectivity index (χ1n) is 5.45. The topological polar surface area (TPSA) is 130 Å². The smallest absolute Gasteiger partial charge is 0.292 e. The van der Waals surface area contributed by atoms with Crippen molar-refractivity contribution < 1.29 is 13.2 Å². The van der Waals surface area contributed by atoms with E-state index in [2.05, 4.69) is 30.4 Å². The fraction of sp³-hybridized carbons (Fsp3) is 0.333. The van der Waals surface area contributed by atoms with Crippen LogP contribution in [0.5, 0.6) is 0 Å². The molecule has 0 aliphatic rings. The second kappa shape index (κ2) is 5.17. The average Bonchev–Trinajstić information content (AvgIpc) is 2.91. The number of rotatable bonds is 4. The van der Waals surface area contributed by atoms with Crippen LogP contribution >= 0.6 is 11.3 Å². The molecule has 2 aromatic heterocycles. The maximum Gasteiger partial charge on any atom is 0.292 e. The van der Waals surface area contributed by atoms with Crippen LogP contribution in [0.25, 0.3) is 0 Å². The zero-order valence-corrected chi connectivity index (χ0v) is 12.5. The Bertz CT molecular complexity index is 748. The van der Waals surface area contributed by atoms with Crippen LogP contribution in [-0.2, 0) is 14.8 Å². The summed E-state index contributed by atoms with van der Waals surface area (Å²) < 4.78 is 26.3. The van der Waals surface area contributed by atoms with Gasteiger partial charge < -0.3 is 5.32 Å². The molecule has 1 amide bonds. The lowest BCUT2D eigenvalue weighted by molar-refractivity contribution is -0.114. The Balaban J connectivity index is 2.24. The average molecular weight is 316 g/mol. The zero-order valence-electron chi connectivity index (χ0n) is 10.9. The van der Waals surface area contributed by atoms with E-state index in [1.165, 1.54) is 6.92 Å². The number of aromatic nitrogens is 4. The van der Waals surface area contributed by atoms with Crippen LogP contribution in [0.3, 0.4) is 0 Å². The van der Waals surface area contributed by atoms with E-state index in [4.69, 9.17) is 0 Å². The molecular weight excluding hydrogens is 304 g/mol. The molecule has 2 aromatic rings. The molecule has 2 heterocycles. The Morgan fingerprint density at radius 3 is 2.55 bits per heavy atom. The standard InChI is InChI=1S/C9H12N6O3S2/c1-4-5(2)11-12-7(4)15-20(17,18)9-14-13-8(19-9)10-6(3)16/h1-3H3,(H,10,13,16)(H2,11,12,15). The quantitative estimate of drug-likeness (QED) is 0.710. The SMILES string of the molecule is CC(=O)Nc1nnc(S(=O)(=O)Nc2n[nH]c(C)c2C)s1. The van der Waals surface area contributed by atoms with E-state index in [-0.39, 0.29) is 21.2 Å². The van der Waals surface area contributed by atoms with Gasteiger partial charge in [-0.15, -0.1) is 10.2 Å². The van der Waals surface area contributed by atoms with Crippen molar-refractivity contribution in [3.05, 3.63) is 11.3 Å². The van der Waals surface area contributed by atoms with Gasteiger partial charge in [-0.3, -0.25) is 14.6 Å². The molecule has 2 rings (SSSR count). The van der Waals surface area contributed by atoms with Gasteiger partial charge in [-0.2, -0.15) is 13.5 Å². The number of hydrogen-bond acceptors (Lipinski definition) is 7. The number of H-pyrrole nitrogens is 1. The van der Waals surface area contributed by atoms with E-state index in [0.29, 0.717) is 5.56 Å². The number of aryl methyl sites for hydroxylation is 1. The van der Waals surface area contributed by atoms with Crippen molar-refractivity contribution in [2.45, 2.75) is 25.1 Å². The highest BCUT2D eigenvalue weighted by molar-refractivity contribution is 7.94. The summed E-state index contributed by atoms with van der Waals surface area (Å²) in [5, 5.41) is 16.1. The summed E-state index contributed by atoms with van der Waals surface area (Å²) in [6, 6.07) is 0. The van der Waals surface area contributed by atoms with Gasteiger partial charge in [0.2, 0.25) is 11.0 Å². The van der Waals surface area contributed by atoms with Crippen LogP contribution in [-0.4, -0.2) is 34.7 Å². The highest BCUT2D eigenvalue weighted by Crippen LogP contribution is 2.23. The Kier molecular flexibility index (Phi) is 3.72. The first-order chi connectivity index (χ1) is 9.29. The minimum absolute atomic E-state index is 0.118. The highest BCUT2D eigenvalue weighted by atomic mass is 32.2. The molecule has 0 spiro atoms. The Morgan fingerprint density at radius 1 is 1.30 bits per heavy atom. The van der Waals surface area contributed by atoms with Gasteiger partial charge in [0.1, 0.15) is 0 Å². The number of nitrogens with one attached hydrogen (secondary N) is 3. The van der Waals surface area contributed by atoms with Crippen molar-refractivity contribution in [3.63, 3.8) is 0 Å². The first kappa shape index (κ1) is 14.4. The zero-order chi connectivity index (χ0) is 14.9. The largest absolute Gasteiger partial charge is 0.301 e. The van der Waals surface area contributed by atoms with Gasteiger partial charge in [0.15, 0.2) is 5.82 Å². The minimum Gasteiger partial charge on any atom is -0.301 e. The van der Waals surface area contributed by atoms with Gasteiger partial charge in [0, 0.05) is 18.2 Å². The summed E-state index contributed by atoms with van der Waals surface area (Å²) in [5.41, 5.74) is 1.46. The normalized spacial score (nSPS) is 11.3. The van der Waals surface area contributed by atoms with Gasteiger partial charge in [-0.1, -0.05) is 11.3 Å². The van der Waals surface area contributed by atoms with Crippen molar-refractivity contribution in [1.82, 2.24) is 20.4 Å². The number of carbonyl (C=O) groups is 1. The summed E-state index contributed by atoms with van der Waals surface area (Å²) in [6.45, 7) is 4.81. The van der Waals surface area contributed by atoms with E-state index in [1.54, 1.807) is 13.8 Å². The summed E-state index contributed by atoms with van der Waals surface area (Å²) in [6.07, 6.45) is 0. The Morgan fingerprint density at radius 2 is 2.00 bits per heavy atom. The van der Waals surface area contributed by atoms with E-state index in [0.717, 1.165) is 17.0 Å². The van der Waals surface area contributed by atoms with Crippen LogP contribution in [0.1, 0.15) is 18.2 Å². The van der Waals surface area contributed by atoms with Crippen molar-refractivity contribution in [3.8, 4) is 0 Å². The fourth-order valence-corrected chi connectivity index (χ4v) is 3.29. The lowest BCUT2D eigenvalue weighted by Gasteiger charge is -2.02. The molecule has 3 N–H and O–H groups in total. The third-order valence-corrected chi connectivity index (χ3v) is 4.95. The van der Waals surface area contributed by atoms with Gasteiger partial charge in [-0.05, 0) is 13.8 Å². The van der Waals surface area contributed by atoms with Crippen molar-refractivity contribution in [1.29, 1.82) is 0 Å². The summed E-state index contributed by atoms with van der Waals surface area (Å²) in [4.78, 5) is 10.9. The molecule has 0 aliphatic heterocycles. The Hall–Kier alpha value is -2.01. The molecule has 11 heteroatoms. The van der Waals surface area contributed by atoms with Crippen LogP contribution in [0.15, 0.2) is 4.34 Å². The monoisotopic (exact) mass is 316 g/mol. The number of aromatic amines is 1.